The molecule has 0 N–H and O–H groups in total. The van der Waals surface area contributed by atoms with Gasteiger partial charge in [0, 0.05) is 0 Å². The van der Waals surface area contributed by atoms with E-state index < -0.39 is 0 Å². The fraction of sp³-hybridized carbons (Fsp3) is 0.300. The molecule has 3 heteroatoms. The fourth-order valence-corrected chi connectivity index (χ4v) is 1.66. The van der Waals surface area contributed by atoms with Crippen LogP contribution in [0.4, 0.5) is 5.69 Å². The van der Waals surface area contributed by atoms with E-state index in [9.17, 15) is 4.79 Å². The molecule has 0 aromatic heterocycles. The van der Waals surface area contributed by atoms with E-state index in [1.54, 1.807) is 5.06 Å². The van der Waals surface area contributed by atoms with Crippen molar-refractivity contribution < 1.29 is 9.63 Å². The van der Waals surface area contributed by atoms with Gasteiger partial charge in [-0.05, 0) is 24.5 Å². The second-order valence-corrected chi connectivity index (χ2v) is 3.04. The molecule has 0 unspecified atom stereocenters. The average molecular weight is 177 g/mol. The second kappa shape index (κ2) is 3.47. The van der Waals surface area contributed by atoms with Crippen LogP contribution in [0, 0.1) is 0 Å². The molecule has 2 rings (SSSR count). The van der Waals surface area contributed by atoms with Gasteiger partial charge in [0.25, 0.3) is 0 Å². The molecular formula is C10H11NO2. The standard InChI is InChI=1S/C10H11NO2/c12-8-13-11-7-3-5-9-4-1-2-6-10(9)11/h1-2,4,6,8H,3,5,7H2. The van der Waals surface area contributed by atoms with Crippen LogP contribution in [0.2, 0.25) is 0 Å². The van der Waals surface area contributed by atoms with Crippen LogP contribution in [0.1, 0.15) is 12.0 Å². The van der Waals surface area contributed by atoms with Crippen molar-refractivity contribution in [3.05, 3.63) is 29.8 Å². The molecule has 0 amide bonds. The summed E-state index contributed by atoms with van der Waals surface area (Å²) in [7, 11) is 0. The van der Waals surface area contributed by atoms with E-state index in [1.807, 2.05) is 18.2 Å². The van der Waals surface area contributed by atoms with Crippen molar-refractivity contribution in [2.45, 2.75) is 12.8 Å². The molecule has 0 spiro atoms. The van der Waals surface area contributed by atoms with E-state index in [4.69, 9.17) is 4.84 Å². The SMILES string of the molecule is O=CON1CCCc2ccccc21. The number of carbonyl (C=O) groups is 1. The van der Waals surface area contributed by atoms with Gasteiger partial charge in [-0.2, -0.15) is 0 Å². The van der Waals surface area contributed by atoms with Crippen molar-refractivity contribution in [1.82, 2.24) is 0 Å². The number of hydroxylamine groups is 1. The Kier molecular flexibility index (Phi) is 2.17. The highest BCUT2D eigenvalue weighted by Crippen LogP contribution is 2.26. The van der Waals surface area contributed by atoms with Gasteiger partial charge in [-0.15, -0.1) is 0 Å². The van der Waals surface area contributed by atoms with Gasteiger partial charge in [0.2, 0.25) is 0 Å². The molecule has 0 atom stereocenters. The lowest BCUT2D eigenvalue weighted by molar-refractivity contribution is -0.130. The molecular weight excluding hydrogens is 166 g/mol. The average Bonchev–Trinajstić information content (AvgIpc) is 2.19. The number of fused-ring (bicyclic) bond motifs is 1. The lowest BCUT2D eigenvalue weighted by atomic mass is 10.0. The third-order valence-corrected chi connectivity index (χ3v) is 2.24. The Morgan fingerprint density at radius 3 is 3.08 bits per heavy atom. The summed E-state index contributed by atoms with van der Waals surface area (Å²) in [6.45, 7) is 1.26. The lowest BCUT2D eigenvalue weighted by Gasteiger charge is -2.27. The molecule has 13 heavy (non-hydrogen) atoms. The van der Waals surface area contributed by atoms with Gasteiger partial charge in [-0.1, -0.05) is 18.2 Å². The van der Waals surface area contributed by atoms with Crippen LogP contribution in [0.15, 0.2) is 24.3 Å². The summed E-state index contributed by atoms with van der Waals surface area (Å²) in [5.41, 5.74) is 2.26. The van der Waals surface area contributed by atoms with Crippen molar-refractivity contribution >= 4 is 12.2 Å². The van der Waals surface area contributed by atoms with E-state index in [2.05, 4.69) is 6.07 Å². The minimum atomic E-state index is 0.474. The predicted octanol–water partition coefficient (Wildman–Crippen LogP) is 1.53. The molecule has 0 radical (unpaired) electrons. The van der Waals surface area contributed by atoms with Crippen molar-refractivity contribution in [1.29, 1.82) is 0 Å². The highest BCUT2D eigenvalue weighted by molar-refractivity contribution is 5.55. The topological polar surface area (TPSA) is 29.5 Å². The zero-order chi connectivity index (χ0) is 9.10. The van der Waals surface area contributed by atoms with Crippen LogP contribution in [0.5, 0.6) is 0 Å². The maximum Gasteiger partial charge on any atom is 0.320 e. The zero-order valence-corrected chi connectivity index (χ0v) is 7.27. The highest BCUT2D eigenvalue weighted by atomic mass is 16.7. The molecule has 68 valence electrons. The Bertz CT molecular complexity index is 312. The molecule has 1 aromatic carbocycles. The predicted molar refractivity (Wildman–Crippen MR) is 49.3 cm³/mol. The van der Waals surface area contributed by atoms with Gasteiger partial charge in [-0.3, -0.25) is 4.79 Å². The van der Waals surface area contributed by atoms with Gasteiger partial charge < -0.3 is 4.84 Å². The minimum absolute atomic E-state index is 0.474. The number of aryl methyl sites for hydroxylation is 1. The lowest BCUT2D eigenvalue weighted by Crippen LogP contribution is -2.28. The van der Waals surface area contributed by atoms with Crippen LogP contribution in [0.25, 0.3) is 0 Å². The van der Waals surface area contributed by atoms with Crippen molar-refractivity contribution in [2.24, 2.45) is 0 Å². The number of rotatable bonds is 2. The molecule has 3 nitrogen and oxygen atoms in total. The first kappa shape index (κ1) is 8.10. The molecule has 1 heterocycles. The quantitative estimate of drug-likeness (QED) is 0.641. The second-order valence-electron chi connectivity index (χ2n) is 3.04. The minimum Gasteiger partial charge on any atom is -0.344 e. The van der Waals surface area contributed by atoms with E-state index in [1.165, 1.54) is 5.56 Å². The Morgan fingerprint density at radius 1 is 1.38 bits per heavy atom. The van der Waals surface area contributed by atoms with Crippen LogP contribution in [0.3, 0.4) is 0 Å². The van der Waals surface area contributed by atoms with Gasteiger partial charge in [0.1, 0.15) is 0 Å². The Labute approximate surface area is 76.9 Å². The van der Waals surface area contributed by atoms with Crippen LogP contribution in [-0.2, 0) is 16.1 Å². The number of nitrogens with zero attached hydrogens (tertiary/aromatic N) is 1. The van der Waals surface area contributed by atoms with Crippen LogP contribution in [-0.4, -0.2) is 13.0 Å². The largest absolute Gasteiger partial charge is 0.344 e. The molecule has 1 aromatic rings. The molecule has 1 aliphatic rings. The molecule has 0 aliphatic carbocycles. The fourth-order valence-electron chi connectivity index (χ4n) is 1.66. The van der Waals surface area contributed by atoms with Crippen molar-refractivity contribution in [3.8, 4) is 0 Å². The van der Waals surface area contributed by atoms with Crippen LogP contribution < -0.4 is 5.06 Å². The molecule has 0 saturated carbocycles. The maximum absolute atomic E-state index is 10.2. The summed E-state index contributed by atoms with van der Waals surface area (Å²) in [5.74, 6) is 0. The van der Waals surface area contributed by atoms with Gasteiger partial charge >= 0.3 is 6.47 Å². The first-order valence-electron chi connectivity index (χ1n) is 4.37. The third kappa shape index (κ3) is 1.49. The summed E-state index contributed by atoms with van der Waals surface area (Å²) in [4.78, 5) is 15.1. The van der Waals surface area contributed by atoms with Crippen molar-refractivity contribution in [3.63, 3.8) is 0 Å². The van der Waals surface area contributed by atoms with Gasteiger partial charge in [0.05, 0.1) is 12.2 Å². The molecule has 0 fully saturated rings. The first-order valence-corrected chi connectivity index (χ1v) is 4.37. The number of benzene rings is 1. The number of hydrogen-bond acceptors (Lipinski definition) is 3. The molecule has 1 aliphatic heterocycles. The van der Waals surface area contributed by atoms with E-state index >= 15 is 0 Å². The Hall–Kier alpha value is -1.51. The smallest absolute Gasteiger partial charge is 0.320 e. The molecule has 0 bridgehead atoms. The monoisotopic (exact) mass is 177 g/mol. The molecule has 0 saturated heterocycles. The first-order chi connectivity index (χ1) is 6.42. The summed E-state index contributed by atoms with van der Waals surface area (Å²) in [6.07, 6.45) is 2.10. The normalized spacial score (nSPS) is 14.9. The summed E-state index contributed by atoms with van der Waals surface area (Å²) < 4.78 is 0. The number of carbonyl (C=O) groups excluding carboxylic acids is 1. The Balaban J connectivity index is 2.31. The van der Waals surface area contributed by atoms with Gasteiger partial charge in [-0.25, -0.2) is 5.06 Å². The number of para-hydroxylation sites is 1. The summed E-state index contributed by atoms with van der Waals surface area (Å²) in [5, 5.41) is 1.64. The van der Waals surface area contributed by atoms with E-state index in [-0.39, 0.29) is 0 Å². The van der Waals surface area contributed by atoms with Crippen LogP contribution >= 0.6 is 0 Å². The zero-order valence-electron chi connectivity index (χ0n) is 7.27. The third-order valence-electron chi connectivity index (χ3n) is 2.24. The maximum atomic E-state index is 10.2. The van der Waals surface area contributed by atoms with Gasteiger partial charge in [0.15, 0.2) is 0 Å². The van der Waals surface area contributed by atoms with Crippen molar-refractivity contribution in [2.75, 3.05) is 11.6 Å². The number of hydrogen-bond donors (Lipinski definition) is 0. The summed E-state index contributed by atoms with van der Waals surface area (Å²) in [6, 6.07) is 7.99. The van der Waals surface area contributed by atoms with E-state index in [0.29, 0.717) is 6.47 Å². The Morgan fingerprint density at radius 2 is 2.23 bits per heavy atom. The number of anilines is 1. The highest BCUT2D eigenvalue weighted by Gasteiger charge is 2.16. The van der Waals surface area contributed by atoms with E-state index in [0.717, 1.165) is 25.1 Å². The summed E-state index contributed by atoms with van der Waals surface area (Å²) >= 11 is 0.